The van der Waals surface area contributed by atoms with Gasteiger partial charge in [0.25, 0.3) is 0 Å². The summed E-state index contributed by atoms with van der Waals surface area (Å²) in [6, 6.07) is 3.42. The Morgan fingerprint density at radius 2 is 1.71 bits per heavy atom. The minimum atomic E-state index is -4.38. The second kappa shape index (κ2) is 3.61. The second-order valence-corrected chi connectivity index (χ2v) is 2.62. The number of halogens is 3. The zero-order valence-corrected chi connectivity index (χ0v) is 6.92. The van der Waals surface area contributed by atoms with Crippen molar-refractivity contribution in [2.45, 2.75) is 6.18 Å². The van der Waals surface area contributed by atoms with Gasteiger partial charge in [-0.2, -0.15) is 13.2 Å². The maximum Gasteiger partial charge on any atom is 0.409 e. The molecule has 0 saturated heterocycles. The number of hydrogen-bond donors (Lipinski definition) is 2. The van der Waals surface area contributed by atoms with Gasteiger partial charge in [0.2, 0.25) is 0 Å². The molecule has 5 heteroatoms. The van der Waals surface area contributed by atoms with E-state index >= 15 is 0 Å². The van der Waals surface area contributed by atoms with E-state index in [1.54, 1.807) is 0 Å². The van der Waals surface area contributed by atoms with Gasteiger partial charge in [-0.25, -0.2) is 0 Å². The monoisotopic (exact) mass is 204 g/mol. The minimum absolute atomic E-state index is 0.0544. The van der Waals surface area contributed by atoms with Crippen LogP contribution in [0.1, 0.15) is 5.56 Å². The predicted molar refractivity (Wildman–Crippen MR) is 44.9 cm³/mol. The fourth-order valence-corrected chi connectivity index (χ4v) is 0.835. The number of hydrogen-bond acceptors (Lipinski definition) is 2. The maximum absolute atomic E-state index is 11.7. The molecular formula is C9H7F3O2. The first-order chi connectivity index (χ1) is 6.38. The third kappa shape index (κ3) is 3.01. The molecule has 2 nitrogen and oxygen atoms in total. The summed E-state index contributed by atoms with van der Waals surface area (Å²) >= 11 is 0. The highest BCUT2D eigenvalue weighted by molar-refractivity contribution is 5.55. The van der Waals surface area contributed by atoms with Crippen LogP contribution in [0.3, 0.4) is 0 Å². The van der Waals surface area contributed by atoms with Gasteiger partial charge in [-0.05, 0) is 23.8 Å². The molecule has 1 aromatic carbocycles. The van der Waals surface area contributed by atoms with E-state index in [0.29, 0.717) is 0 Å². The molecule has 0 heterocycles. The predicted octanol–water partition coefficient (Wildman–Crippen LogP) is 2.67. The van der Waals surface area contributed by atoms with Gasteiger partial charge in [-0.15, -0.1) is 0 Å². The molecule has 0 aromatic heterocycles. The summed E-state index contributed by atoms with van der Waals surface area (Å²) in [5.74, 6) is -0.816. The number of aromatic hydroxyl groups is 2. The molecule has 0 radical (unpaired) electrons. The summed E-state index contributed by atoms with van der Waals surface area (Å²) in [6.45, 7) is 0. The number of rotatable bonds is 1. The Bertz CT molecular complexity index is 356. The Kier molecular flexibility index (Phi) is 2.69. The van der Waals surface area contributed by atoms with Gasteiger partial charge in [0.05, 0.1) is 0 Å². The fourth-order valence-electron chi connectivity index (χ4n) is 0.835. The molecule has 0 saturated carbocycles. The molecule has 0 atom stereocenters. The largest absolute Gasteiger partial charge is 0.504 e. The van der Waals surface area contributed by atoms with Gasteiger partial charge in [0, 0.05) is 6.08 Å². The number of phenols is 2. The highest BCUT2D eigenvalue weighted by Crippen LogP contribution is 2.26. The molecule has 2 N–H and O–H groups in total. The Balaban J connectivity index is 2.89. The van der Waals surface area contributed by atoms with E-state index < -0.39 is 11.9 Å². The Labute approximate surface area is 77.9 Å². The molecule has 0 aliphatic rings. The number of phenolic OH excluding ortho intramolecular Hbond substituents is 2. The molecule has 0 unspecified atom stereocenters. The van der Waals surface area contributed by atoms with Crippen LogP contribution in [0.2, 0.25) is 0 Å². The van der Waals surface area contributed by atoms with Gasteiger partial charge >= 0.3 is 6.18 Å². The van der Waals surface area contributed by atoms with E-state index in [1.807, 2.05) is 0 Å². The fraction of sp³-hybridized carbons (Fsp3) is 0.111. The highest BCUT2D eigenvalue weighted by atomic mass is 19.4. The summed E-state index contributed by atoms with van der Waals surface area (Å²) in [6.07, 6.45) is -3.52. The summed E-state index contributed by atoms with van der Waals surface area (Å²) in [4.78, 5) is 0. The van der Waals surface area contributed by atoms with E-state index in [9.17, 15) is 13.2 Å². The standard InChI is InChI=1S/C9H7F3O2/c10-9(11,12)4-3-6-1-2-7(13)8(14)5-6/h1-5,13-14H/b4-3+. The van der Waals surface area contributed by atoms with Gasteiger partial charge in [-0.1, -0.05) is 6.07 Å². The molecule has 0 aliphatic heterocycles. The van der Waals surface area contributed by atoms with Crippen LogP contribution in [-0.4, -0.2) is 16.4 Å². The van der Waals surface area contributed by atoms with Crippen molar-refractivity contribution in [1.29, 1.82) is 0 Å². The number of allylic oxidation sites excluding steroid dienone is 1. The second-order valence-electron chi connectivity index (χ2n) is 2.62. The lowest BCUT2D eigenvalue weighted by molar-refractivity contribution is -0.0790. The van der Waals surface area contributed by atoms with Gasteiger partial charge in [-0.3, -0.25) is 0 Å². The maximum atomic E-state index is 11.7. The Morgan fingerprint density at radius 1 is 1.07 bits per heavy atom. The van der Waals surface area contributed by atoms with Gasteiger partial charge < -0.3 is 10.2 Å². The van der Waals surface area contributed by atoms with Crippen molar-refractivity contribution in [2.75, 3.05) is 0 Å². The molecule has 0 aliphatic carbocycles. The van der Waals surface area contributed by atoms with Crippen LogP contribution in [0, 0.1) is 0 Å². The van der Waals surface area contributed by atoms with E-state index in [2.05, 4.69) is 0 Å². The van der Waals surface area contributed by atoms with Crippen molar-refractivity contribution >= 4 is 6.08 Å². The topological polar surface area (TPSA) is 40.5 Å². The molecule has 0 bridgehead atoms. The van der Waals surface area contributed by atoms with Crippen LogP contribution >= 0.6 is 0 Å². The molecule has 14 heavy (non-hydrogen) atoms. The van der Waals surface area contributed by atoms with Gasteiger partial charge in [0.15, 0.2) is 11.5 Å². The molecule has 0 fully saturated rings. The molecular weight excluding hydrogens is 197 g/mol. The molecule has 0 amide bonds. The first-order valence-corrected chi connectivity index (χ1v) is 3.66. The minimum Gasteiger partial charge on any atom is -0.504 e. The summed E-state index contributed by atoms with van der Waals surface area (Å²) in [7, 11) is 0. The zero-order chi connectivity index (χ0) is 10.8. The number of benzene rings is 1. The summed E-state index contributed by atoms with van der Waals surface area (Å²) in [5.41, 5.74) is 0.164. The van der Waals surface area contributed by atoms with Crippen LogP contribution in [0.5, 0.6) is 11.5 Å². The lowest BCUT2D eigenvalue weighted by Crippen LogP contribution is -1.99. The van der Waals surface area contributed by atoms with Crippen LogP contribution in [0.15, 0.2) is 24.3 Å². The van der Waals surface area contributed by atoms with Crippen molar-refractivity contribution in [1.82, 2.24) is 0 Å². The van der Waals surface area contributed by atoms with Crippen LogP contribution in [0.4, 0.5) is 13.2 Å². The Morgan fingerprint density at radius 3 is 2.21 bits per heavy atom. The van der Waals surface area contributed by atoms with Crippen molar-refractivity contribution in [3.63, 3.8) is 0 Å². The molecule has 1 aromatic rings. The lowest BCUT2D eigenvalue weighted by atomic mass is 10.2. The van der Waals surface area contributed by atoms with E-state index in [0.717, 1.165) is 18.2 Å². The Hall–Kier alpha value is -1.65. The summed E-state index contributed by atoms with van der Waals surface area (Å²) in [5, 5.41) is 17.8. The normalized spacial score (nSPS) is 12.2. The average molecular weight is 204 g/mol. The summed E-state index contributed by atoms with van der Waals surface area (Å²) < 4.78 is 35.2. The zero-order valence-electron chi connectivity index (χ0n) is 6.92. The van der Waals surface area contributed by atoms with Crippen LogP contribution in [0.25, 0.3) is 6.08 Å². The average Bonchev–Trinajstić information content (AvgIpc) is 2.06. The van der Waals surface area contributed by atoms with Crippen molar-refractivity contribution in [2.24, 2.45) is 0 Å². The van der Waals surface area contributed by atoms with Crippen molar-refractivity contribution in [3.8, 4) is 11.5 Å². The molecule has 0 spiro atoms. The van der Waals surface area contributed by atoms with Crippen molar-refractivity contribution < 1.29 is 23.4 Å². The molecule has 1 rings (SSSR count). The van der Waals surface area contributed by atoms with E-state index in [1.165, 1.54) is 6.07 Å². The highest BCUT2D eigenvalue weighted by Gasteiger charge is 2.21. The third-order valence-corrected chi connectivity index (χ3v) is 1.46. The first-order valence-electron chi connectivity index (χ1n) is 3.66. The third-order valence-electron chi connectivity index (χ3n) is 1.46. The van der Waals surface area contributed by atoms with Crippen LogP contribution < -0.4 is 0 Å². The molecule has 76 valence electrons. The van der Waals surface area contributed by atoms with E-state index in [4.69, 9.17) is 10.2 Å². The van der Waals surface area contributed by atoms with Crippen LogP contribution in [-0.2, 0) is 0 Å². The quantitative estimate of drug-likeness (QED) is 0.690. The first kappa shape index (κ1) is 10.4. The SMILES string of the molecule is Oc1ccc(/C=C/C(F)(F)F)cc1O. The smallest absolute Gasteiger partial charge is 0.409 e. The number of alkyl halides is 3. The van der Waals surface area contributed by atoms with E-state index in [-0.39, 0.29) is 17.4 Å². The van der Waals surface area contributed by atoms with Crippen molar-refractivity contribution in [3.05, 3.63) is 29.8 Å². The van der Waals surface area contributed by atoms with Gasteiger partial charge in [0.1, 0.15) is 0 Å². The lowest BCUT2D eigenvalue weighted by Gasteiger charge is -2.00.